The molecule has 0 spiro atoms. The average Bonchev–Trinajstić information content (AvgIpc) is 2.91. The highest BCUT2D eigenvalue weighted by molar-refractivity contribution is 7.11. The van der Waals surface area contributed by atoms with Crippen LogP contribution >= 0.6 is 11.3 Å². The maximum Gasteiger partial charge on any atom is 0.286 e. The van der Waals surface area contributed by atoms with Gasteiger partial charge in [-0.1, -0.05) is 0 Å². The minimum atomic E-state index is -0.621. The van der Waals surface area contributed by atoms with Gasteiger partial charge in [0.1, 0.15) is 5.56 Å². The second-order valence-electron chi connectivity index (χ2n) is 5.36. The standard InChI is InChI=1S/C16H19N3O5S/c1-8-15(25-10(3)17-8)9(2)18-16(20)11-6-13(23-4)14(24-5)7-12(11)19(21)22/h6-7,9H,1-5H3,(H,18,20). The molecule has 25 heavy (non-hydrogen) atoms. The number of hydrogen-bond donors (Lipinski definition) is 1. The van der Waals surface area contributed by atoms with Gasteiger partial charge in [0.25, 0.3) is 11.6 Å². The molecule has 0 aliphatic heterocycles. The topological polar surface area (TPSA) is 104 Å². The molecule has 0 saturated heterocycles. The number of benzene rings is 1. The summed E-state index contributed by atoms with van der Waals surface area (Å²) in [6, 6.07) is 2.16. The minimum absolute atomic E-state index is 0.0895. The van der Waals surface area contributed by atoms with Gasteiger partial charge in [-0.3, -0.25) is 14.9 Å². The molecule has 2 aromatic rings. The molecule has 0 bridgehead atoms. The number of thiazole rings is 1. The summed E-state index contributed by atoms with van der Waals surface area (Å²) in [6.45, 7) is 5.56. The first-order valence-electron chi connectivity index (χ1n) is 7.43. The molecule has 9 heteroatoms. The molecule has 1 N–H and O–H groups in total. The van der Waals surface area contributed by atoms with E-state index in [0.29, 0.717) is 0 Å². The number of aryl methyl sites for hydroxylation is 2. The van der Waals surface area contributed by atoms with Crippen LogP contribution in [0.3, 0.4) is 0 Å². The number of aromatic nitrogens is 1. The first kappa shape index (κ1) is 18.7. The molecule has 134 valence electrons. The molecule has 2 rings (SSSR count). The van der Waals surface area contributed by atoms with Crippen molar-refractivity contribution in [1.82, 2.24) is 10.3 Å². The number of ether oxygens (including phenoxy) is 2. The van der Waals surface area contributed by atoms with E-state index in [2.05, 4.69) is 10.3 Å². The maximum absolute atomic E-state index is 12.6. The van der Waals surface area contributed by atoms with E-state index in [1.807, 2.05) is 20.8 Å². The smallest absolute Gasteiger partial charge is 0.286 e. The lowest BCUT2D eigenvalue weighted by Gasteiger charge is -2.14. The second-order valence-corrected chi connectivity index (χ2v) is 6.59. The van der Waals surface area contributed by atoms with Gasteiger partial charge in [0, 0.05) is 10.9 Å². The van der Waals surface area contributed by atoms with Gasteiger partial charge in [-0.2, -0.15) is 0 Å². The summed E-state index contributed by atoms with van der Waals surface area (Å²) in [6.07, 6.45) is 0. The molecule has 1 unspecified atom stereocenters. The van der Waals surface area contributed by atoms with Gasteiger partial charge in [-0.05, 0) is 20.8 Å². The summed E-state index contributed by atoms with van der Waals surface area (Å²) in [7, 11) is 2.77. The molecule has 8 nitrogen and oxygen atoms in total. The van der Waals surface area contributed by atoms with Crippen molar-refractivity contribution in [2.75, 3.05) is 14.2 Å². The third-order valence-corrected chi connectivity index (χ3v) is 4.88. The normalized spacial score (nSPS) is 11.7. The van der Waals surface area contributed by atoms with E-state index < -0.39 is 10.8 Å². The van der Waals surface area contributed by atoms with Crippen LogP contribution in [0, 0.1) is 24.0 Å². The molecule has 0 radical (unpaired) electrons. The van der Waals surface area contributed by atoms with Crippen molar-refractivity contribution in [3.8, 4) is 11.5 Å². The molecule has 0 saturated carbocycles. The van der Waals surface area contributed by atoms with Crippen LogP contribution in [0.4, 0.5) is 5.69 Å². The fourth-order valence-corrected chi connectivity index (χ4v) is 3.42. The monoisotopic (exact) mass is 365 g/mol. The lowest BCUT2D eigenvalue weighted by atomic mass is 10.1. The van der Waals surface area contributed by atoms with E-state index in [1.54, 1.807) is 0 Å². The Morgan fingerprint density at radius 2 is 1.88 bits per heavy atom. The Bertz CT molecular complexity index is 818. The number of amides is 1. The highest BCUT2D eigenvalue weighted by Crippen LogP contribution is 2.35. The summed E-state index contributed by atoms with van der Waals surface area (Å²) in [4.78, 5) is 28.6. The van der Waals surface area contributed by atoms with E-state index in [4.69, 9.17) is 9.47 Å². The lowest BCUT2D eigenvalue weighted by molar-refractivity contribution is -0.385. The Morgan fingerprint density at radius 1 is 1.28 bits per heavy atom. The fraction of sp³-hybridized carbons (Fsp3) is 0.375. The highest BCUT2D eigenvalue weighted by atomic mass is 32.1. The van der Waals surface area contributed by atoms with Crippen molar-refractivity contribution < 1.29 is 19.2 Å². The van der Waals surface area contributed by atoms with Crippen LogP contribution in [0.1, 0.15) is 38.9 Å². The molecule has 1 heterocycles. The van der Waals surface area contributed by atoms with Gasteiger partial charge in [-0.15, -0.1) is 11.3 Å². The predicted molar refractivity (Wildman–Crippen MR) is 93.7 cm³/mol. The zero-order chi connectivity index (χ0) is 18.7. The Balaban J connectivity index is 2.37. The van der Waals surface area contributed by atoms with Crippen LogP contribution in [0.2, 0.25) is 0 Å². The number of methoxy groups -OCH3 is 2. The van der Waals surface area contributed by atoms with Gasteiger partial charge in [-0.25, -0.2) is 4.98 Å². The molecule has 1 amide bonds. The van der Waals surface area contributed by atoms with E-state index >= 15 is 0 Å². The van der Waals surface area contributed by atoms with Crippen molar-refractivity contribution in [2.45, 2.75) is 26.8 Å². The number of carbonyl (C=O) groups excluding carboxylic acids is 1. The number of nitrogens with zero attached hydrogens (tertiary/aromatic N) is 2. The zero-order valence-corrected chi connectivity index (χ0v) is 15.4. The van der Waals surface area contributed by atoms with Crippen LogP contribution < -0.4 is 14.8 Å². The third kappa shape index (κ3) is 3.87. The average molecular weight is 365 g/mol. The summed E-state index contributed by atoms with van der Waals surface area (Å²) in [5.41, 5.74) is 0.394. The van der Waals surface area contributed by atoms with Crippen molar-refractivity contribution in [2.24, 2.45) is 0 Å². The van der Waals surface area contributed by atoms with Gasteiger partial charge in [0.05, 0.1) is 42.0 Å². The van der Waals surface area contributed by atoms with Crippen LogP contribution in [-0.2, 0) is 0 Å². The summed E-state index contributed by atoms with van der Waals surface area (Å²) in [5, 5.41) is 15.0. The Hall–Kier alpha value is -2.68. The Morgan fingerprint density at radius 3 is 2.36 bits per heavy atom. The fourth-order valence-electron chi connectivity index (χ4n) is 2.49. The summed E-state index contributed by atoms with van der Waals surface area (Å²) >= 11 is 1.48. The Labute approximate surface area is 148 Å². The first-order valence-corrected chi connectivity index (χ1v) is 8.25. The van der Waals surface area contributed by atoms with Crippen molar-refractivity contribution in [3.63, 3.8) is 0 Å². The van der Waals surface area contributed by atoms with E-state index in [0.717, 1.165) is 15.6 Å². The predicted octanol–water partition coefficient (Wildman–Crippen LogP) is 3.18. The Kier molecular flexibility index (Phi) is 5.58. The van der Waals surface area contributed by atoms with Crippen molar-refractivity contribution >= 4 is 22.9 Å². The number of carbonyl (C=O) groups is 1. The van der Waals surface area contributed by atoms with Crippen LogP contribution in [0.5, 0.6) is 11.5 Å². The molecule has 1 aromatic heterocycles. The van der Waals surface area contributed by atoms with Gasteiger partial charge in [0.15, 0.2) is 11.5 Å². The van der Waals surface area contributed by atoms with Gasteiger partial charge < -0.3 is 14.8 Å². The summed E-state index contributed by atoms with van der Waals surface area (Å²) in [5.74, 6) is -0.131. The molecule has 0 aliphatic rings. The van der Waals surface area contributed by atoms with Crippen LogP contribution in [0.25, 0.3) is 0 Å². The van der Waals surface area contributed by atoms with E-state index in [9.17, 15) is 14.9 Å². The number of hydrogen-bond acceptors (Lipinski definition) is 7. The zero-order valence-electron chi connectivity index (χ0n) is 14.6. The second kappa shape index (κ2) is 7.47. The number of nitro benzene ring substituents is 1. The van der Waals surface area contributed by atoms with Gasteiger partial charge in [0.2, 0.25) is 0 Å². The number of rotatable bonds is 6. The minimum Gasteiger partial charge on any atom is -0.493 e. The summed E-state index contributed by atoms with van der Waals surface area (Å²) < 4.78 is 10.2. The van der Waals surface area contributed by atoms with Crippen molar-refractivity contribution in [1.29, 1.82) is 0 Å². The molecule has 1 atom stereocenters. The van der Waals surface area contributed by atoms with E-state index in [-0.39, 0.29) is 28.8 Å². The number of nitro groups is 1. The molecule has 1 aromatic carbocycles. The van der Waals surface area contributed by atoms with Crippen LogP contribution in [0.15, 0.2) is 12.1 Å². The van der Waals surface area contributed by atoms with Crippen molar-refractivity contribution in [3.05, 3.63) is 43.4 Å². The third-order valence-electron chi connectivity index (χ3n) is 3.62. The lowest BCUT2D eigenvalue weighted by Crippen LogP contribution is -2.27. The molecule has 0 aliphatic carbocycles. The van der Waals surface area contributed by atoms with Gasteiger partial charge >= 0.3 is 0 Å². The maximum atomic E-state index is 12.6. The SMILES string of the molecule is COc1cc(C(=O)NC(C)c2sc(C)nc2C)c([N+](=O)[O-])cc1OC. The molecular weight excluding hydrogens is 346 g/mol. The highest BCUT2D eigenvalue weighted by Gasteiger charge is 2.26. The quantitative estimate of drug-likeness (QED) is 0.623. The van der Waals surface area contributed by atoms with Crippen LogP contribution in [-0.4, -0.2) is 30.0 Å². The first-order chi connectivity index (χ1) is 11.8. The van der Waals surface area contributed by atoms with E-state index in [1.165, 1.54) is 37.7 Å². The molecule has 0 fully saturated rings. The molecular formula is C16H19N3O5S. The largest absolute Gasteiger partial charge is 0.493 e. The number of nitrogens with one attached hydrogen (secondary N) is 1.